The van der Waals surface area contributed by atoms with E-state index in [9.17, 15) is 0 Å². The van der Waals surface area contributed by atoms with Crippen molar-refractivity contribution in [3.05, 3.63) is 46.8 Å². The van der Waals surface area contributed by atoms with Crippen LogP contribution in [0.25, 0.3) is 5.69 Å². The summed E-state index contributed by atoms with van der Waals surface area (Å²) in [6, 6.07) is 6.56. The average molecular weight is 338 g/mol. The van der Waals surface area contributed by atoms with Crippen molar-refractivity contribution >= 4 is 0 Å². The maximum Gasteiger partial charge on any atom is 0.170 e. The van der Waals surface area contributed by atoms with Gasteiger partial charge in [0.25, 0.3) is 0 Å². The minimum absolute atomic E-state index is 0.344. The number of rotatable bonds is 4. The Kier molecular flexibility index (Phi) is 4.04. The minimum Gasteiger partial charge on any atom is -0.305 e. The lowest BCUT2D eigenvalue weighted by Crippen LogP contribution is -2.38. The highest BCUT2D eigenvalue weighted by Gasteiger charge is 2.21. The molecule has 0 saturated heterocycles. The fraction of sp³-hybridized carbons (Fsp3) is 0.471. The van der Waals surface area contributed by atoms with Crippen LogP contribution in [0.1, 0.15) is 35.0 Å². The fourth-order valence-corrected chi connectivity index (χ4v) is 3.47. The van der Waals surface area contributed by atoms with E-state index in [0.717, 1.165) is 53.7 Å². The van der Waals surface area contributed by atoms with E-state index in [2.05, 4.69) is 63.0 Å². The first kappa shape index (κ1) is 15.9. The number of hydrogen-bond acceptors (Lipinski definition) is 6. The van der Waals surface area contributed by atoms with Gasteiger partial charge in [0.15, 0.2) is 5.82 Å². The van der Waals surface area contributed by atoms with Gasteiger partial charge in [-0.3, -0.25) is 0 Å². The number of tetrazole rings is 1. The van der Waals surface area contributed by atoms with E-state index in [1.807, 2.05) is 16.3 Å². The summed E-state index contributed by atoms with van der Waals surface area (Å²) < 4.78 is 3.84. The van der Waals surface area contributed by atoms with Gasteiger partial charge in [-0.15, -0.1) is 5.10 Å². The average Bonchev–Trinajstić information content (AvgIpc) is 3.17. The van der Waals surface area contributed by atoms with Gasteiger partial charge in [0.05, 0.1) is 18.8 Å². The summed E-state index contributed by atoms with van der Waals surface area (Å²) in [6.07, 6.45) is 1.99. The van der Waals surface area contributed by atoms with Crippen LogP contribution in [0.4, 0.5) is 0 Å². The minimum atomic E-state index is 0.344. The molecule has 0 saturated carbocycles. The maximum atomic E-state index is 4.46. The van der Waals surface area contributed by atoms with E-state index in [4.69, 9.17) is 0 Å². The van der Waals surface area contributed by atoms with E-state index < -0.39 is 0 Å². The first-order valence-electron chi connectivity index (χ1n) is 8.59. The lowest BCUT2D eigenvalue weighted by atomic mass is 10.1. The van der Waals surface area contributed by atoms with Crippen molar-refractivity contribution in [1.82, 2.24) is 40.3 Å². The smallest absolute Gasteiger partial charge is 0.170 e. The molecule has 1 N–H and O–H groups in total. The topological polar surface area (TPSA) is 86.3 Å². The molecular formula is C17H22N8. The Morgan fingerprint density at radius 2 is 2.00 bits per heavy atom. The van der Waals surface area contributed by atoms with E-state index in [0.29, 0.717) is 12.6 Å². The standard InChI is InChI=1S/C17H22N8/c1-11-5-4-6-12(2)17(11)25-16(20-22-23-25)9-18-14-7-8-15-19-13(3)21-24(15)10-14/h4-6,14,18H,7-10H2,1-3H3/t14-/m0/s1. The van der Waals surface area contributed by atoms with Crippen LogP contribution in [0.2, 0.25) is 0 Å². The molecule has 130 valence electrons. The summed E-state index contributed by atoms with van der Waals surface area (Å²) in [4.78, 5) is 4.46. The Morgan fingerprint density at radius 3 is 2.80 bits per heavy atom. The van der Waals surface area contributed by atoms with Gasteiger partial charge >= 0.3 is 0 Å². The normalized spacial score (nSPS) is 16.8. The molecule has 1 aliphatic heterocycles. The van der Waals surface area contributed by atoms with Crippen molar-refractivity contribution in [1.29, 1.82) is 0 Å². The number of aryl methyl sites for hydroxylation is 4. The van der Waals surface area contributed by atoms with Gasteiger partial charge in [-0.25, -0.2) is 9.67 Å². The van der Waals surface area contributed by atoms with Crippen molar-refractivity contribution < 1.29 is 0 Å². The third kappa shape index (κ3) is 3.05. The molecule has 1 aromatic carbocycles. The molecule has 0 bridgehead atoms. The molecule has 8 heteroatoms. The number of benzene rings is 1. The largest absolute Gasteiger partial charge is 0.305 e. The quantitative estimate of drug-likeness (QED) is 0.771. The van der Waals surface area contributed by atoms with Crippen LogP contribution in [0, 0.1) is 20.8 Å². The van der Waals surface area contributed by atoms with Crippen molar-refractivity contribution in [2.75, 3.05) is 0 Å². The highest BCUT2D eigenvalue weighted by Crippen LogP contribution is 2.19. The van der Waals surface area contributed by atoms with E-state index >= 15 is 0 Å². The van der Waals surface area contributed by atoms with Gasteiger partial charge in [0.1, 0.15) is 11.6 Å². The Hall–Kier alpha value is -2.61. The highest BCUT2D eigenvalue weighted by molar-refractivity contribution is 5.46. The summed E-state index contributed by atoms with van der Waals surface area (Å²) in [5.74, 6) is 2.74. The molecule has 0 fully saturated rings. The number of para-hydroxylation sites is 1. The third-order valence-corrected chi connectivity index (χ3v) is 4.70. The monoisotopic (exact) mass is 338 g/mol. The molecule has 3 aromatic rings. The molecule has 8 nitrogen and oxygen atoms in total. The van der Waals surface area contributed by atoms with Crippen LogP contribution in [0.15, 0.2) is 18.2 Å². The SMILES string of the molecule is Cc1nc2n(n1)C[C@@H](NCc1nnnn1-c1c(C)cccc1C)CC2. The summed E-state index contributed by atoms with van der Waals surface area (Å²) in [7, 11) is 0. The predicted molar refractivity (Wildman–Crippen MR) is 92.3 cm³/mol. The zero-order valence-electron chi connectivity index (χ0n) is 14.8. The third-order valence-electron chi connectivity index (χ3n) is 4.70. The van der Waals surface area contributed by atoms with Crippen LogP contribution in [-0.4, -0.2) is 41.0 Å². The van der Waals surface area contributed by atoms with Gasteiger partial charge in [-0.1, -0.05) is 18.2 Å². The van der Waals surface area contributed by atoms with Crippen LogP contribution < -0.4 is 5.32 Å². The number of nitrogens with zero attached hydrogens (tertiary/aromatic N) is 7. The predicted octanol–water partition coefficient (Wildman–Crippen LogP) is 1.28. The van der Waals surface area contributed by atoms with Crippen molar-refractivity contribution in [3.63, 3.8) is 0 Å². The Morgan fingerprint density at radius 1 is 1.20 bits per heavy atom. The second kappa shape index (κ2) is 6.36. The molecule has 0 unspecified atom stereocenters. The van der Waals surface area contributed by atoms with Gasteiger partial charge in [-0.2, -0.15) is 9.78 Å². The summed E-state index contributed by atoms with van der Waals surface area (Å²) in [5, 5.41) is 20.3. The zero-order valence-corrected chi connectivity index (χ0v) is 14.8. The molecule has 2 aromatic heterocycles. The molecule has 0 amide bonds. The number of fused-ring (bicyclic) bond motifs is 1. The molecular weight excluding hydrogens is 316 g/mol. The summed E-state index contributed by atoms with van der Waals surface area (Å²) in [6.45, 7) is 7.55. The molecule has 1 atom stereocenters. The number of aromatic nitrogens is 7. The van der Waals surface area contributed by atoms with Crippen LogP contribution >= 0.6 is 0 Å². The Bertz CT molecular complexity index is 874. The summed E-state index contributed by atoms with van der Waals surface area (Å²) in [5.41, 5.74) is 3.38. The molecule has 3 heterocycles. The Balaban J connectivity index is 1.49. The van der Waals surface area contributed by atoms with Crippen LogP contribution in [-0.2, 0) is 19.5 Å². The number of nitrogens with one attached hydrogen (secondary N) is 1. The first-order valence-corrected chi connectivity index (χ1v) is 8.59. The van der Waals surface area contributed by atoms with Crippen LogP contribution in [0.5, 0.6) is 0 Å². The second-order valence-corrected chi connectivity index (χ2v) is 6.62. The van der Waals surface area contributed by atoms with Gasteiger partial charge < -0.3 is 5.32 Å². The van der Waals surface area contributed by atoms with E-state index in [-0.39, 0.29) is 0 Å². The van der Waals surface area contributed by atoms with Crippen molar-refractivity contribution in [3.8, 4) is 5.69 Å². The summed E-state index contributed by atoms with van der Waals surface area (Å²) >= 11 is 0. The molecule has 0 radical (unpaired) electrons. The van der Waals surface area contributed by atoms with Crippen LogP contribution in [0.3, 0.4) is 0 Å². The Labute approximate surface area is 146 Å². The molecule has 0 spiro atoms. The van der Waals surface area contributed by atoms with Crippen molar-refractivity contribution in [2.24, 2.45) is 0 Å². The fourth-order valence-electron chi connectivity index (χ4n) is 3.47. The van der Waals surface area contributed by atoms with Crippen molar-refractivity contribution in [2.45, 2.75) is 52.7 Å². The van der Waals surface area contributed by atoms with Gasteiger partial charge in [0.2, 0.25) is 0 Å². The first-order chi connectivity index (χ1) is 12.1. The molecule has 25 heavy (non-hydrogen) atoms. The maximum absolute atomic E-state index is 4.46. The molecule has 4 rings (SSSR count). The molecule has 1 aliphatic rings. The van der Waals surface area contributed by atoms with E-state index in [1.54, 1.807) is 0 Å². The zero-order chi connectivity index (χ0) is 17.4. The lowest BCUT2D eigenvalue weighted by molar-refractivity contribution is 0.354. The van der Waals surface area contributed by atoms with Gasteiger partial charge in [-0.05, 0) is 48.7 Å². The van der Waals surface area contributed by atoms with E-state index in [1.165, 1.54) is 0 Å². The highest BCUT2D eigenvalue weighted by atomic mass is 15.5. The lowest BCUT2D eigenvalue weighted by Gasteiger charge is -2.23. The molecule has 0 aliphatic carbocycles. The number of hydrogen-bond donors (Lipinski definition) is 1. The van der Waals surface area contributed by atoms with Gasteiger partial charge in [0, 0.05) is 12.5 Å². The second-order valence-electron chi connectivity index (χ2n) is 6.62.